The van der Waals surface area contributed by atoms with Crippen molar-refractivity contribution in [1.82, 2.24) is 10.2 Å². The summed E-state index contributed by atoms with van der Waals surface area (Å²) in [5.74, 6) is -0.269. The van der Waals surface area contributed by atoms with Gasteiger partial charge in [-0.05, 0) is 31.2 Å². The second-order valence-electron chi connectivity index (χ2n) is 3.89. The molecule has 100 valence electrons. The minimum Gasteiger partial charge on any atom is -0.287 e. The molecule has 0 spiro atoms. The number of halogens is 1. The lowest BCUT2D eigenvalue weighted by molar-refractivity contribution is -0.118. The van der Waals surface area contributed by atoms with Gasteiger partial charge in [0.05, 0.1) is 0 Å². The predicted molar refractivity (Wildman–Crippen MR) is 73.6 cm³/mol. The van der Waals surface area contributed by atoms with Gasteiger partial charge in [0.1, 0.15) is 10.8 Å². The lowest BCUT2D eigenvalue weighted by atomic mass is 10.2. The molecular weight excluding hydrogens is 265 g/mol. The van der Waals surface area contributed by atoms with E-state index < -0.39 is 0 Å². The molecule has 0 unspecified atom stereocenters. The molecule has 1 heterocycles. The minimum atomic E-state index is -0.287. The molecule has 1 aromatic carbocycles. The Morgan fingerprint density at radius 3 is 2.53 bits per heavy atom. The summed E-state index contributed by atoms with van der Waals surface area (Å²) in [5, 5.41) is 9.34. The van der Waals surface area contributed by atoms with Crippen molar-refractivity contribution >= 4 is 22.4 Å². The molecule has 0 aliphatic carbocycles. The SMILES string of the molecule is CCC(=O)N(CC)c1nnc(-c2ccc(F)cc2)s1. The molecule has 6 heteroatoms. The van der Waals surface area contributed by atoms with E-state index in [9.17, 15) is 9.18 Å². The Morgan fingerprint density at radius 2 is 1.95 bits per heavy atom. The molecule has 0 N–H and O–H groups in total. The minimum absolute atomic E-state index is 0.0179. The first kappa shape index (κ1) is 13.6. The number of carbonyl (C=O) groups is 1. The number of benzene rings is 1. The summed E-state index contributed by atoms with van der Waals surface area (Å²) in [6.45, 7) is 4.27. The van der Waals surface area contributed by atoms with Gasteiger partial charge < -0.3 is 0 Å². The van der Waals surface area contributed by atoms with Crippen molar-refractivity contribution in [2.45, 2.75) is 20.3 Å². The maximum absolute atomic E-state index is 12.9. The van der Waals surface area contributed by atoms with Crippen LogP contribution in [0.3, 0.4) is 0 Å². The molecule has 19 heavy (non-hydrogen) atoms. The van der Waals surface area contributed by atoms with E-state index in [4.69, 9.17) is 0 Å². The molecule has 0 aliphatic rings. The smallest absolute Gasteiger partial charge is 0.228 e. The lowest BCUT2D eigenvalue weighted by Gasteiger charge is -2.15. The van der Waals surface area contributed by atoms with Crippen LogP contribution in [0, 0.1) is 5.82 Å². The zero-order chi connectivity index (χ0) is 13.8. The fraction of sp³-hybridized carbons (Fsp3) is 0.308. The van der Waals surface area contributed by atoms with Gasteiger partial charge in [-0.2, -0.15) is 0 Å². The largest absolute Gasteiger partial charge is 0.287 e. The van der Waals surface area contributed by atoms with Crippen molar-refractivity contribution in [3.63, 3.8) is 0 Å². The second kappa shape index (κ2) is 5.88. The van der Waals surface area contributed by atoms with E-state index in [1.54, 1.807) is 17.0 Å². The van der Waals surface area contributed by atoms with Crippen LogP contribution in [-0.4, -0.2) is 22.6 Å². The number of rotatable bonds is 4. The van der Waals surface area contributed by atoms with Gasteiger partial charge in [-0.15, -0.1) is 10.2 Å². The van der Waals surface area contributed by atoms with Gasteiger partial charge in [-0.1, -0.05) is 18.3 Å². The highest BCUT2D eigenvalue weighted by Crippen LogP contribution is 2.28. The van der Waals surface area contributed by atoms with E-state index in [1.807, 2.05) is 13.8 Å². The molecule has 2 rings (SSSR count). The van der Waals surface area contributed by atoms with Crippen LogP contribution in [0.25, 0.3) is 10.6 Å². The van der Waals surface area contributed by atoms with E-state index in [1.165, 1.54) is 23.5 Å². The maximum Gasteiger partial charge on any atom is 0.228 e. The molecule has 0 atom stereocenters. The van der Waals surface area contributed by atoms with Crippen molar-refractivity contribution in [3.8, 4) is 10.6 Å². The van der Waals surface area contributed by atoms with Crippen molar-refractivity contribution < 1.29 is 9.18 Å². The fourth-order valence-corrected chi connectivity index (χ4v) is 2.57. The van der Waals surface area contributed by atoms with Gasteiger partial charge in [-0.3, -0.25) is 9.69 Å². The lowest BCUT2D eigenvalue weighted by Crippen LogP contribution is -2.29. The number of aromatic nitrogens is 2. The monoisotopic (exact) mass is 279 g/mol. The molecule has 0 bridgehead atoms. The first-order chi connectivity index (χ1) is 9.15. The van der Waals surface area contributed by atoms with Gasteiger partial charge in [0.2, 0.25) is 11.0 Å². The standard InChI is InChI=1S/C13H14FN3OS/c1-3-11(18)17(4-2)13-16-15-12(19-13)9-5-7-10(14)8-6-9/h5-8H,3-4H2,1-2H3. The molecule has 1 aromatic heterocycles. The van der Waals surface area contributed by atoms with E-state index >= 15 is 0 Å². The third-order valence-electron chi connectivity index (χ3n) is 2.66. The van der Waals surface area contributed by atoms with Crippen LogP contribution in [0.5, 0.6) is 0 Å². The Hall–Kier alpha value is -1.82. The number of amides is 1. The van der Waals surface area contributed by atoms with Crippen LogP contribution in [0.4, 0.5) is 9.52 Å². The Balaban J connectivity index is 2.27. The van der Waals surface area contributed by atoms with Crippen molar-refractivity contribution in [2.75, 3.05) is 11.4 Å². The van der Waals surface area contributed by atoms with Crippen LogP contribution >= 0.6 is 11.3 Å². The van der Waals surface area contributed by atoms with Gasteiger partial charge in [-0.25, -0.2) is 4.39 Å². The van der Waals surface area contributed by atoms with Crippen LogP contribution in [0.1, 0.15) is 20.3 Å². The molecule has 0 saturated carbocycles. The first-order valence-electron chi connectivity index (χ1n) is 6.05. The molecule has 0 saturated heterocycles. The van der Waals surface area contributed by atoms with Crippen LogP contribution in [0.2, 0.25) is 0 Å². The van der Waals surface area contributed by atoms with E-state index in [-0.39, 0.29) is 11.7 Å². The molecule has 0 radical (unpaired) electrons. The van der Waals surface area contributed by atoms with Gasteiger partial charge in [0.15, 0.2) is 0 Å². The number of hydrogen-bond donors (Lipinski definition) is 0. The van der Waals surface area contributed by atoms with Gasteiger partial charge in [0.25, 0.3) is 0 Å². The average molecular weight is 279 g/mol. The predicted octanol–water partition coefficient (Wildman–Crippen LogP) is 3.11. The summed E-state index contributed by atoms with van der Waals surface area (Å²) in [4.78, 5) is 13.4. The number of hydrogen-bond acceptors (Lipinski definition) is 4. The van der Waals surface area contributed by atoms with Crippen LogP contribution in [0.15, 0.2) is 24.3 Å². The quantitative estimate of drug-likeness (QED) is 0.864. The van der Waals surface area contributed by atoms with E-state index in [2.05, 4.69) is 10.2 Å². The summed E-state index contributed by atoms with van der Waals surface area (Å²) in [6.07, 6.45) is 0.430. The summed E-state index contributed by atoms with van der Waals surface area (Å²) in [5.41, 5.74) is 0.796. The van der Waals surface area contributed by atoms with E-state index in [0.717, 1.165) is 5.56 Å². The second-order valence-corrected chi connectivity index (χ2v) is 4.84. The average Bonchev–Trinajstić information content (AvgIpc) is 2.89. The Labute approximate surface area is 114 Å². The van der Waals surface area contributed by atoms with E-state index in [0.29, 0.717) is 23.1 Å². The van der Waals surface area contributed by atoms with Gasteiger partial charge in [0, 0.05) is 18.5 Å². The zero-order valence-corrected chi connectivity index (χ0v) is 11.6. The number of anilines is 1. The first-order valence-corrected chi connectivity index (χ1v) is 6.87. The Bertz CT molecular complexity index is 568. The molecule has 4 nitrogen and oxygen atoms in total. The third kappa shape index (κ3) is 2.96. The summed E-state index contributed by atoms with van der Waals surface area (Å²) < 4.78 is 12.9. The molecular formula is C13H14FN3OS. The number of nitrogens with zero attached hydrogens (tertiary/aromatic N) is 3. The van der Waals surface area contributed by atoms with Crippen LogP contribution in [-0.2, 0) is 4.79 Å². The van der Waals surface area contributed by atoms with Crippen molar-refractivity contribution in [1.29, 1.82) is 0 Å². The Kier molecular flexibility index (Phi) is 4.21. The normalized spacial score (nSPS) is 10.5. The molecule has 2 aromatic rings. The van der Waals surface area contributed by atoms with Crippen molar-refractivity contribution in [3.05, 3.63) is 30.1 Å². The molecule has 1 amide bonds. The summed E-state index contributed by atoms with van der Waals surface area (Å²) in [6, 6.07) is 6.06. The van der Waals surface area contributed by atoms with Gasteiger partial charge >= 0.3 is 0 Å². The summed E-state index contributed by atoms with van der Waals surface area (Å²) >= 11 is 1.33. The highest BCUT2D eigenvalue weighted by Gasteiger charge is 2.17. The Morgan fingerprint density at radius 1 is 1.26 bits per heavy atom. The summed E-state index contributed by atoms with van der Waals surface area (Å²) in [7, 11) is 0. The molecule has 0 fully saturated rings. The van der Waals surface area contributed by atoms with Crippen molar-refractivity contribution in [2.24, 2.45) is 0 Å². The number of carbonyl (C=O) groups excluding carboxylic acids is 1. The highest BCUT2D eigenvalue weighted by molar-refractivity contribution is 7.18. The van der Waals surface area contributed by atoms with Crippen LogP contribution < -0.4 is 4.90 Å². The maximum atomic E-state index is 12.9. The fourth-order valence-electron chi connectivity index (χ4n) is 1.64. The molecule has 0 aliphatic heterocycles. The highest BCUT2D eigenvalue weighted by atomic mass is 32.1. The zero-order valence-electron chi connectivity index (χ0n) is 10.8. The topological polar surface area (TPSA) is 46.1 Å². The third-order valence-corrected chi connectivity index (χ3v) is 3.65.